The third kappa shape index (κ3) is 8.62. The van der Waals surface area contributed by atoms with Gasteiger partial charge >= 0.3 is 133 Å². The van der Waals surface area contributed by atoms with Gasteiger partial charge in [0.1, 0.15) is 0 Å². The van der Waals surface area contributed by atoms with Crippen LogP contribution in [0.25, 0.3) is 0 Å². The van der Waals surface area contributed by atoms with Crippen LogP contribution in [0.5, 0.6) is 0 Å². The van der Waals surface area contributed by atoms with Crippen molar-refractivity contribution in [1.29, 1.82) is 0 Å². The number of rotatable bonds is 5. The normalized spacial score (nSPS) is 12.5. The third-order valence-electron chi connectivity index (χ3n) is 2.04. The van der Waals surface area contributed by atoms with Crippen LogP contribution in [0, 0.1) is 3.57 Å². The summed E-state index contributed by atoms with van der Waals surface area (Å²) in [6, 6.07) is 7.40. The molecular weight excluding hydrogens is 449 g/mol. The van der Waals surface area contributed by atoms with Gasteiger partial charge in [0.25, 0.3) is 0 Å². The minimum absolute atomic E-state index is 0.356. The number of hydrogen-bond acceptors (Lipinski definition) is 4. The van der Waals surface area contributed by atoms with Crippen molar-refractivity contribution in [3.63, 3.8) is 0 Å². The van der Waals surface area contributed by atoms with Crippen molar-refractivity contribution in [1.82, 2.24) is 0 Å². The first-order valence-electron chi connectivity index (χ1n) is 5.70. The van der Waals surface area contributed by atoms with Gasteiger partial charge in [-0.05, 0) is 0 Å². The zero-order chi connectivity index (χ0) is 17.7. The first-order valence-corrected chi connectivity index (χ1v) is 9.83. The summed E-state index contributed by atoms with van der Waals surface area (Å²) in [6.07, 6.45) is -10.4. The number of esters is 2. The summed E-state index contributed by atoms with van der Waals surface area (Å²) in [5, 5.41) is 0. The predicted octanol–water partition coefficient (Wildman–Crippen LogP) is 3.49. The molecular formula is C12H9F6IO4. The number of alkyl halides is 8. The first-order chi connectivity index (χ1) is 10.5. The van der Waals surface area contributed by atoms with Crippen LogP contribution < -0.4 is 0 Å². The maximum absolute atomic E-state index is 12.0. The Morgan fingerprint density at radius 2 is 1.22 bits per heavy atom. The van der Waals surface area contributed by atoms with E-state index in [1.165, 1.54) is 24.3 Å². The number of benzene rings is 1. The number of ether oxygens (including phenoxy) is 2. The summed E-state index contributed by atoms with van der Waals surface area (Å²) in [5.74, 6) is -3.29. The van der Waals surface area contributed by atoms with E-state index in [0.717, 1.165) is 0 Å². The molecule has 0 spiro atoms. The fraction of sp³-hybridized carbons (Fsp3) is 0.333. The van der Waals surface area contributed by atoms with Gasteiger partial charge in [0.05, 0.1) is 0 Å². The van der Waals surface area contributed by atoms with E-state index in [1.54, 1.807) is 6.07 Å². The van der Waals surface area contributed by atoms with Gasteiger partial charge in [-0.2, -0.15) is 0 Å². The molecule has 130 valence electrons. The van der Waals surface area contributed by atoms with Gasteiger partial charge in [0, 0.05) is 0 Å². The van der Waals surface area contributed by atoms with E-state index in [4.69, 9.17) is 0 Å². The summed E-state index contributed by atoms with van der Waals surface area (Å²) in [6.45, 7) is 0. The van der Waals surface area contributed by atoms with Crippen LogP contribution in [-0.2, 0) is 19.1 Å². The van der Waals surface area contributed by atoms with Gasteiger partial charge in [-0.15, -0.1) is 0 Å². The Balaban J connectivity index is 2.83. The molecule has 0 aliphatic carbocycles. The summed E-state index contributed by atoms with van der Waals surface area (Å²) < 4.78 is 77.1. The molecule has 0 unspecified atom stereocenters. The Kier molecular flexibility index (Phi) is 6.65. The Morgan fingerprint density at radius 1 is 0.826 bits per heavy atom. The monoisotopic (exact) mass is 458 g/mol. The molecule has 1 aromatic rings. The third-order valence-corrected chi connectivity index (χ3v) is 7.61. The molecule has 0 radical (unpaired) electrons. The van der Waals surface area contributed by atoms with Crippen LogP contribution in [0.1, 0.15) is 0 Å². The van der Waals surface area contributed by atoms with Crippen molar-refractivity contribution >= 4 is 31.8 Å². The van der Waals surface area contributed by atoms with Crippen LogP contribution in [0.4, 0.5) is 26.3 Å². The van der Waals surface area contributed by atoms with Crippen molar-refractivity contribution in [3.8, 4) is 0 Å². The van der Waals surface area contributed by atoms with Crippen LogP contribution in [-0.4, -0.2) is 33.5 Å². The summed E-state index contributed by atoms with van der Waals surface area (Å²) in [5.41, 5.74) is 0. The molecule has 0 heterocycles. The van der Waals surface area contributed by atoms with Crippen molar-refractivity contribution in [2.75, 3.05) is 8.86 Å². The second kappa shape index (κ2) is 7.84. The van der Waals surface area contributed by atoms with Crippen molar-refractivity contribution in [3.05, 3.63) is 33.9 Å². The van der Waals surface area contributed by atoms with Gasteiger partial charge < -0.3 is 0 Å². The SMILES string of the molecule is O=C(CI(CC(=O)OC(F)(F)F)c1ccccc1)OC(F)(F)F. The molecule has 0 fully saturated rings. The number of halogens is 7. The average molecular weight is 458 g/mol. The molecule has 11 heteroatoms. The van der Waals surface area contributed by atoms with E-state index >= 15 is 0 Å². The molecule has 0 aliphatic rings. The Labute approximate surface area is 133 Å². The van der Waals surface area contributed by atoms with Crippen LogP contribution >= 0.6 is 19.8 Å². The van der Waals surface area contributed by atoms with Gasteiger partial charge in [-0.25, -0.2) is 0 Å². The van der Waals surface area contributed by atoms with Crippen LogP contribution in [0.15, 0.2) is 30.3 Å². The molecule has 0 aromatic heterocycles. The molecule has 23 heavy (non-hydrogen) atoms. The molecule has 4 nitrogen and oxygen atoms in total. The molecule has 0 saturated carbocycles. The minimum atomic E-state index is -5.19. The first kappa shape index (κ1) is 19.5. The molecule has 0 aliphatic heterocycles. The second-order valence-corrected chi connectivity index (χ2v) is 9.23. The fourth-order valence-electron chi connectivity index (χ4n) is 1.37. The fourth-order valence-corrected chi connectivity index (χ4v) is 5.77. The van der Waals surface area contributed by atoms with Crippen molar-refractivity contribution < 1.29 is 45.4 Å². The number of hydrogen-bond donors (Lipinski definition) is 0. The summed E-state index contributed by atoms with van der Waals surface area (Å²) in [7, 11) is 0. The second-order valence-electron chi connectivity index (χ2n) is 3.86. The number of carbonyl (C=O) groups excluding carboxylic acids is 2. The van der Waals surface area contributed by atoms with Gasteiger partial charge in [-0.1, -0.05) is 0 Å². The van der Waals surface area contributed by atoms with E-state index in [2.05, 4.69) is 9.47 Å². The predicted molar refractivity (Wildman–Crippen MR) is 73.2 cm³/mol. The van der Waals surface area contributed by atoms with Gasteiger partial charge in [-0.3, -0.25) is 0 Å². The van der Waals surface area contributed by atoms with E-state index in [0.29, 0.717) is 3.57 Å². The topological polar surface area (TPSA) is 52.6 Å². The van der Waals surface area contributed by atoms with Gasteiger partial charge in [0.2, 0.25) is 0 Å². The average Bonchev–Trinajstić information content (AvgIpc) is 2.34. The number of carbonyl (C=O) groups is 2. The summed E-state index contributed by atoms with van der Waals surface area (Å²) >= 11 is -3.04. The van der Waals surface area contributed by atoms with Crippen molar-refractivity contribution in [2.24, 2.45) is 0 Å². The Morgan fingerprint density at radius 3 is 1.57 bits per heavy atom. The molecule has 0 amide bonds. The maximum atomic E-state index is 12.0. The molecule has 0 atom stereocenters. The standard InChI is InChI=1S/C12H9F6IO4/c13-11(14,15)22-9(20)6-19(8-4-2-1-3-5-8)7-10(21)23-12(16,17)18/h1-5H,6-7H2. The van der Waals surface area contributed by atoms with Gasteiger partial charge in [0.15, 0.2) is 0 Å². The molecule has 1 aromatic carbocycles. The van der Waals surface area contributed by atoms with E-state index in [-0.39, 0.29) is 0 Å². The van der Waals surface area contributed by atoms with Crippen LogP contribution in [0.3, 0.4) is 0 Å². The Bertz CT molecular complexity index is 513. The molecule has 0 saturated heterocycles. The molecule has 1 rings (SSSR count). The molecule has 0 N–H and O–H groups in total. The zero-order valence-electron chi connectivity index (χ0n) is 11.1. The van der Waals surface area contributed by atoms with E-state index in [9.17, 15) is 35.9 Å². The zero-order valence-corrected chi connectivity index (χ0v) is 13.2. The summed E-state index contributed by atoms with van der Waals surface area (Å²) in [4.78, 5) is 22.5. The quantitative estimate of drug-likeness (QED) is 0.294. The molecule has 0 bridgehead atoms. The Hall–Kier alpha value is -1.53. The van der Waals surface area contributed by atoms with E-state index < -0.39 is 53.3 Å². The van der Waals surface area contributed by atoms with E-state index in [1.807, 2.05) is 0 Å². The van der Waals surface area contributed by atoms with Crippen LogP contribution in [0.2, 0.25) is 0 Å². The van der Waals surface area contributed by atoms with Crippen molar-refractivity contribution in [2.45, 2.75) is 12.7 Å².